The molecule has 1 aliphatic rings. The first kappa shape index (κ1) is 12.7. The summed E-state index contributed by atoms with van der Waals surface area (Å²) in [6.45, 7) is 8.25. The van der Waals surface area contributed by atoms with Crippen molar-refractivity contribution in [3.8, 4) is 0 Å². The molecule has 1 aromatic rings. The fraction of sp³-hybridized carbons (Fsp3) is 0.400. The van der Waals surface area contributed by atoms with Crippen molar-refractivity contribution in [2.75, 3.05) is 19.6 Å². The molecule has 1 unspecified atom stereocenters. The predicted octanol–water partition coefficient (Wildman–Crippen LogP) is 2.07. The molecule has 2 N–H and O–H groups in total. The lowest BCUT2D eigenvalue weighted by atomic mass is 9.78. The molecule has 0 fully saturated rings. The van der Waals surface area contributed by atoms with E-state index in [1.165, 1.54) is 11.1 Å². The number of guanidine groups is 1. The van der Waals surface area contributed by atoms with Crippen molar-refractivity contribution in [1.29, 1.82) is 0 Å². The van der Waals surface area contributed by atoms with Crippen molar-refractivity contribution >= 4 is 5.96 Å². The fourth-order valence-electron chi connectivity index (χ4n) is 2.24. The number of hydrogen-bond donors (Lipinski definition) is 2. The Morgan fingerprint density at radius 3 is 3.00 bits per heavy atom. The number of benzene rings is 1. The minimum absolute atomic E-state index is 0.584. The van der Waals surface area contributed by atoms with Gasteiger partial charge in [0.1, 0.15) is 0 Å². The Kier molecular flexibility index (Phi) is 4.40. The van der Waals surface area contributed by atoms with Crippen LogP contribution in [0.5, 0.6) is 0 Å². The predicted molar refractivity (Wildman–Crippen MR) is 77.1 cm³/mol. The molecule has 0 aromatic heterocycles. The summed E-state index contributed by atoms with van der Waals surface area (Å²) in [4.78, 5) is 4.62. The summed E-state index contributed by atoms with van der Waals surface area (Å²) in [6, 6.07) is 8.63. The highest BCUT2D eigenvalue weighted by Gasteiger charge is 2.24. The smallest absolute Gasteiger partial charge is 0.191 e. The molecule has 3 nitrogen and oxygen atoms in total. The molecular formula is C15H21N3. The first-order chi connectivity index (χ1) is 8.85. The first-order valence-corrected chi connectivity index (χ1v) is 6.56. The van der Waals surface area contributed by atoms with Crippen LogP contribution in [0, 0.1) is 0 Å². The Hall–Kier alpha value is -1.77. The van der Waals surface area contributed by atoms with Gasteiger partial charge >= 0.3 is 0 Å². The average molecular weight is 243 g/mol. The van der Waals surface area contributed by atoms with Gasteiger partial charge < -0.3 is 10.6 Å². The van der Waals surface area contributed by atoms with Crippen LogP contribution in [0.4, 0.5) is 0 Å². The zero-order valence-electron chi connectivity index (χ0n) is 10.9. The third kappa shape index (κ3) is 2.92. The SMILES string of the molecule is C=CCNC(=NCC1Cc2ccccc21)NCC. The van der Waals surface area contributed by atoms with Crippen LogP contribution in [0.3, 0.4) is 0 Å². The minimum Gasteiger partial charge on any atom is -0.357 e. The lowest BCUT2D eigenvalue weighted by Gasteiger charge is -2.28. The van der Waals surface area contributed by atoms with Crippen molar-refractivity contribution in [2.45, 2.75) is 19.3 Å². The van der Waals surface area contributed by atoms with E-state index in [-0.39, 0.29) is 0 Å². The third-order valence-electron chi connectivity index (χ3n) is 3.19. The second kappa shape index (κ2) is 6.24. The maximum Gasteiger partial charge on any atom is 0.191 e. The summed E-state index contributed by atoms with van der Waals surface area (Å²) in [5, 5.41) is 6.45. The second-order valence-electron chi connectivity index (χ2n) is 4.49. The lowest BCUT2D eigenvalue weighted by molar-refractivity contribution is 0.615. The number of hydrogen-bond acceptors (Lipinski definition) is 1. The van der Waals surface area contributed by atoms with Crippen LogP contribution in [-0.4, -0.2) is 25.6 Å². The summed E-state index contributed by atoms with van der Waals surface area (Å²) in [7, 11) is 0. The van der Waals surface area contributed by atoms with Crippen molar-refractivity contribution in [2.24, 2.45) is 4.99 Å². The maximum atomic E-state index is 4.62. The topological polar surface area (TPSA) is 36.4 Å². The van der Waals surface area contributed by atoms with Gasteiger partial charge in [-0.1, -0.05) is 30.3 Å². The van der Waals surface area contributed by atoms with Gasteiger partial charge in [0.15, 0.2) is 5.96 Å². The molecule has 1 aromatic carbocycles. The van der Waals surface area contributed by atoms with E-state index in [1.807, 2.05) is 6.08 Å². The standard InChI is InChI=1S/C15H21N3/c1-3-9-17-15(16-4-2)18-11-13-10-12-7-5-6-8-14(12)13/h3,5-8,13H,1,4,9-11H2,2H3,(H2,16,17,18). The van der Waals surface area contributed by atoms with Crippen molar-refractivity contribution in [1.82, 2.24) is 10.6 Å². The minimum atomic E-state index is 0.584. The van der Waals surface area contributed by atoms with Gasteiger partial charge in [0.05, 0.1) is 0 Å². The number of aliphatic imine (C=N–C) groups is 1. The maximum absolute atomic E-state index is 4.62. The van der Waals surface area contributed by atoms with Crippen LogP contribution in [0.25, 0.3) is 0 Å². The van der Waals surface area contributed by atoms with Crippen molar-refractivity contribution in [3.05, 3.63) is 48.0 Å². The molecule has 3 heteroatoms. The molecule has 0 heterocycles. The van der Waals surface area contributed by atoms with Gasteiger partial charge in [-0.25, -0.2) is 0 Å². The van der Waals surface area contributed by atoms with Crippen LogP contribution in [0.1, 0.15) is 24.0 Å². The Morgan fingerprint density at radius 1 is 1.44 bits per heavy atom. The molecule has 1 atom stereocenters. The van der Waals surface area contributed by atoms with Crippen LogP contribution < -0.4 is 10.6 Å². The number of fused-ring (bicyclic) bond motifs is 1. The molecule has 18 heavy (non-hydrogen) atoms. The quantitative estimate of drug-likeness (QED) is 0.472. The molecular weight excluding hydrogens is 222 g/mol. The normalized spacial score (nSPS) is 17.6. The Bertz CT molecular complexity index is 437. The zero-order valence-corrected chi connectivity index (χ0v) is 10.9. The Balaban J connectivity index is 1.91. The van der Waals surface area contributed by atoms with E-state index in [1.54, 1.807) is 0 Å². The average Bonchev–Trinajstić information content (AvgIpc) is 2.37. The Morgan fingerprint density at radius 2 is 2.28 bits per heavy atom. The first-order valence-electron chi connectivity index (χ1n) is 6.56. The molecule has 0 amide bonds. The fourth-order valence-corrected chi connectivity index (χ4v) is 2.24. The summed E-state index contributed by atoms with van der Waals surface area (Å²) >= 11 is 0. The van der Waals surface area contributed by atoms with Gasteiger partial charge in [-0.2, -0.15) is 0 Å². The summed E-state index contributed by atoms with van der Waals surface area (Å²) in [6.07, 6.45) is 2.99. The second-order valence-corrected chi connectivity index (χ2v) is 4.49. The number of nitrogens with zero attached hydrogens (tertiary/aromatic N) is 1. The summed E-state index contributed by atoms with van der Waals surface area (Å²) in [5.74, 6) is 1.46. The molecule has 96 valence electrons. The monoisotopic (exact) mass is 243 g/mol. The van der Waals surface area contributed by atoms with Gasteiger partial charge in [0.2, 0.25) is 0 Å². The highest BCUT2D eigenvalue weighted by atomic mass is 15.2. The number of rotatable bonds is 5. The highest BCUT2D eigenvalue weighted by molar-refractivity contribution is 5.79. The van der Waals surface area contributed by atoms with E-state index in [0.29, 0.717) is 5.92 Å². The van der Waals surface area contributed by atoms with Gasteiger partial charge in [-0.15, -0.1) is 6.58 Å². The number of nitrogens with one attached hydrogen (secondary N) is 2. The molecule has 0 saturated carbocycles. The molecule has 0 aliphatic heterocycles. The van der Waals surface area contributed by atoms with Crippen LogP contribution in [0.15, 0.2) is 41.9 Å². The third-order valence-corrected chi connectivity index (χ3v) is 3.19. The lowest BCUT2D eigenvalue weighted by Crippen LogP contribution is -2.38. The summed E-state index contributed by atoms with van der Waals surface area (Å²) < 4.78 is 0. The van der Waals surface area contributed by atoms with E-state index in [4.69, 9.17) is 0 Å². The van der Waals surface area contributed by atoms with Crippen molar-refractivity contribution in [3.63, 3.8) is 0 Å². The molecule has 1 aliphatic carbocycles. The van der Waals surface area contributed by atoms with E-state index in [9.17, 15) is 0 Å². The van der Waals surface area contributed by atoms with Gasteiger partial charge in [0, 0.05) is 25.6 Å². The molecule has 2 rings (SSSR count). The molecule has 0 radical (unpaired) electrons. The van der Waals surface area contributed by atoms with E-state index < -0.39 is 0 Å². The van der Waals surface area contributed by atoms with Gasteiger partial charge in [-0.05, 0) is 24.5 Å². The van der Waals surface area contributed by atoms with Crippen LogP contribution in [0.2, 0.25) is 0 Å². The largest absolute Gasteiger partial charge is 0.357 e. The zero-order chi connectivity index (χ0) is 12.8. The Labute approximate surface area is 109 Å². The van der Waals surface area contributed by atoms with E-state index >= 15 is 0 Å². The van der Waals surface area contributed by atoms with Crippen LogP contribution >= 0.6 is 0 Å². The van der Waals surface area contributed by atoms with E-state index in [2.05, 4.69) is 53.4 Å². The van der Waals surface area contributed by atoms with E-state index in [0.717, 1.165) is 32.0 Å². The molecule has 0 saturated heterocycles. The highest BCUT2D eigenvalue weighted by Crippen LogP contribution is 2.34. The summed E-state index contributed by atoms with van der Waals surface area (Å²) in [5.41, 5.74) is 2.93. The van der Waals surface area contributed by atoms with Gasteiger partial charge in [-0.3, -0.25) is 4.99 Å². The van der Waals surface area contributed by atoms with Crippen LogP contribution in [-0.2, 0) is 6.42 Å². The van der Waals surface area contributed by atoms with Gasteiger partial charge in [0.25, 0.3) is 0 Å². The molecule has 0 spiro atoms. The van der Waals surface area contributed by atoms with Crippen molar-refractivity contribution < 1.29 is 0 Å². The molecule has 0 bridgehead atoms.